The van der Waals surface area contributed by atoms with Crippen LogP contribution in [-0.2, 0) is 6.61 Å². The molecule has 0 aromatic heterocycles. The van der Waals surface area contributed by atoms with Crippen LogP contribution >= 0.6 is 0 Å². The van der Waals surface area contributed by atoms with E-state index in [1.165, 1.54) is 6.42 Å². The van der Waals surface area contributed by atoms with Crippen LogP contribution in [0.5, 0.6) is 11.5 Å². The van der Waals surface area contributed by atoms with Crippen molar-refractivity contribution in [3.05, 3.63) is 23.8 Å². The van der Waals surface area contributed by atoms with Crippen molar-refractivity contribution in [3.8, 4) is 11.5 Å². The molecule has 0 amide bonds. The Kier molecular flexibility index (Phi) is 4.70. The van der Waals surface area contributed by atoms with Crippen molar-refractivity contribution in [2.45, 2.75) is 45.8 Å². The third-order valence-corrected chi connectivity index (χ3v) is 4.29. The fraction of sp³-hybridized carbons (Fsp3) is 0.625. The maximum Gasteiger partial charge on any atom is 0.167 e. The molecule has 0 heterocycles. The molecule has 2 rings (SSSR count). The highest BCUT2D eigenvalue weighted by Gasteiger charge is 2.27. The lowest BCUT2D eigenvalue weighted by atomic mass is 9.80. The van der Waals surface area contributed by atoms with Gasteiger partial charge in [-0.3, -0.25) is 0 Å². The number of methoxy groups -OCH3 is 1. The van der Waals surface area contributed by atoms with Crippen LogP contribution in [-0.4, -0.2) is 18.3 Å². The molecule has 0 aliphatic heterocycles. The van der Waals surface area contributed by atoms with Crippen molar-refractivity contribution in [3.63, 3.8) is 0 Å². The number of aliphatic hydroxyl groups excluding tert-OH is 1. The molecule has 1 aliphatic carbocycles. The average Bonchev–Trinajstić information content (AvgIpc) is 2.43. The van der Waals surface area contributed by atoms with Crippen LogP contribution in [0, 0.1) is 11.8 Å². The van der Waals surface area contributed by atoms with Gasteiger partial charge in [0.2, 0.25) is 0 Å². The lowest BCUT2D eigenvalue weighted by molar-refractivity contribution is 0.0951. The number of para-hydroxylation sites is 1. The summed E-state index contributed by atoms with van der Waals surface area (Å²) in [5, 5.41) is 9.43. The van der Waals surface area contributed by atoms with E-state index in [1.54, 1.807) is 7.11 Å². The van der Waals surface area contributed by atoms with Crippen molar-refractivity contribution in [2.75, 3.05) is 7.11 Å². The molecule has 19 heavy (non-hydrogen) atoms. The first kappa shape index (κ1) is 14.2. The number of ether oxygens (including phenoxy) is 2. The average molecular weight is 264 g/mol. The Bertz CT molecular complexity index is 394. The number of rotatable bonds is 4. The molecule has 1 N–H and O–H groups in total. The van der Waals surface area contributed by atoms with Gasteiger partial charge in [0.25, 0.3) is 0 Å². The van der Waals surface area contributed by atoms with Gasteiger partial charge in [0.15, 0.2) is 11.5 Å². The largest absolute Gasteiger partial charge is 0.493 e. The molecule has 1 saturated carbocycles. The Morgan fingerprint density at radius 1 is 1.21 bits per heavy atom. The standard InChI is InChI=1S/C16H24O3/c1-11-7-8-14(9-12(11)2)19-16-13(10-17)5-4-6-15(16)18-3/h4-6,11-12,14,17H,7-10H2,1-3H3. The van der Waals surface area contributed by atoms with Crippen molar-refractivity contribution in [1.82, 2.24) is 0 Å². The SMILES string of the molecule is COc1cccc(CO)c1OC1CCC(C)C(C)C1. The summed E-state index contributed by atoms with van der Waals surface area (Å²) in [6.45, 7) is 4.57. The molecule has 3 atom stereocenters. The van der Waals surface area contributed by atoms with Crippen LogP contribution in [0.3, 0.4) is 0 Å². The van der Waals surface area contributed by atoms with Gasteiger partial charge in [0, 0.05) is 5.56 Å². The smallest absolute Gasteiger partial charge is 0.167 e. The molecule has 3 nitrogen and oxygen atoms in total. The molecule has 1 aromatic carbocycles. The lowest BCUT2D eigenvalue weighted by Gasteiger charge is -2.33. The fourth-order valence-corrected chi connectivity index (χ4v) is 2.75. The van der Waals surface area contributed by atoms with Gasteiger partial charge in [-0.2, -0.15) is 0 Å². The van der Waals surface area contributed by atoms with Crippen LogP contribution in [0.2, 0.25) is 0 Å². The summed E-state index contributed by atoms with van der Waals surface area (Å²) >= 11 is 0. The summed E-state index contributed by atoms with van der Waals surface area (Å²) < 4.78 is 11.5. The zero-order valence-electron chi connectivity index (χ0n) is 12.1. The highest BCUT2D eigenvalue weighted by Crippen LogP contribution is 2.36. The Morgan fingerprint density at radius 3 is 2.63 bits per heavy atom. The van der Waals surface area contributed by atoms with Gasteiger partial charge in [-0.15, -0.1) is 0 Å². The lowest BCUT2D eigenvalue weighted by Crippen LogP contribution is -2.29. The monoisotopic (exact) mass is 264 g/mol. The van der Waals surface area contributed by atoms with Crippen molar-refractivity contribution < 1.29 is 14.6 Å². The predicted molar refractivity (Wildman–Crippen MR) is 75.5 cm³/mol. The molecule has 0 saturated heterocycles. The highest BCUT2D eigenvalue weighted by atomic mass is 16.5. The molecule has 0 spiro atoms. The fourth-order valence-electron chi connectivity index (χ4n) is 2.75. The van der Waals surface area contributed by atoms with Crippen molar-refractivity contribution >= 4 is 0 Å². The first-order valence-corrected chi connectivity index (χ1v) is 7.09. The van der Waals surface area contributed by atoms with Crippen LogP contribution in [0.1, 0.15) is 38.7 Å². The molecule has 106 valence electrons. The van der Waals surface area contributed by atoms with Crippen molar-refractivity contribution in [2.24, 2.45) is 11.8 Å². The van der Waals surface area contributed by atoms with Crippen LogP contribution in [0.25, 0.3) is 0 Å². The van der Waals surface area contributed by atoms with E-state index in [-0.39, 0.29) is 12.7 Å². The Balaban J connectivity index is 2.14. The molecule has 1 fully saturated rings. The van der Waals surface area contributed by atoms with Gasteiger partial charge in [-0.1, -0.05) is 26.0 Å². The molecular formula is C16H24O3. The summed E-state index contributed by atoms with van der Waals surface area (Å²) in [6.07, 6.45) is 3.58. The van der Waals surface area contributed by atoms with E-state index >= 15 is 0 Å². The number of aliphatic hydroxyl groups is 1. The minimum Gasteiger partial charge on any atom is -0.493 e. The minimum atomic E-state index is -0.0226. The van der Waals surface area contributed by atoms with E-state index in [9.17, 15) is 5.11 Å². The zero-order chi connectivity index (χ0) is 13.8. The van der Waals surface area contributed by atoms with Gasteiger partial charge in [0.1, 0.15) is 0 Å². The van der Waals surface area contributed by atoms with Gasteiger partial charge in [-0.05, 0) is 37.2 Å². The third-order valence-electron chi connectivity index (χ3n) is 4.29. The van der Waals surface area contributed by atoms with Crippen LogP contribution in [0.15, 0.2) is 18.2 Å². The normalized spacial score (nSPS) is 27.1. The molecule has 1 aromatic rings. The Labute approximate surface area is 115 Å². The van der Waals surface area contributed by atoms with E-state index in [4.69, 9.17) is 9.47 Å². The summed E-state index contributed by atoms with van der Waals surface area (Å²) in [7, 11) is 1.63. The molecule has 1 aliphatic rings. The first-order valence-electron chi connectivity index (χ1n) is 7.09. The molecule has 0 radical (unpaired) electrons. The number of hydrogen-bond acceptors (Lipinski definition) is 3. The van der Waals surface area contributed by atoms with Crippen molar-refractivity contribution in [1.29, 1.82) is 0 Å². The summed E-state index contributed by atoms with van der Waals surface area (Å²) in [5.74, 6) is 2.87. The summed E-state index contributed by atoms with van der Waals surface area (Å²) in [6, 6.07) is 5.64. The second-order valence-corrected chi connectivity index (χ2v) is 5.61. The Morgan fingerprint density at radius 2 is 2.00 bits per heavy atom. The van der Waals surface area contributed by atoms with E-state index in [0.717, 1.165) is 24.3 Å². The Hall–Kier alpha value is -1.22. The quantitative estimate of drug-likeness (QED) is 0.906. The molecule has 3 unspecified atom stereocenters. The summed E-state index contributed by atoms with van der Waals surface area (Å²) in [4.78, 5) is 0. The second-order valence-electron chi connectivity index (χ2n) is 5.61. The predicted octanol–water partition coefficient (Wildman–Crippen LogP) is 3.39. The van der Waals surface area contributed by atoms with Crippen LogP contribution in [0.4, 0.5) is 0 Å². The first-order chi connectivity index (χ1) is 9.15. The van der Waals surface area contributed by atoms with Gasteiger partial charge in [0.05, 0.1) is 19.8 Å². The van der Waals surface area contributed by atoms with Gasteiger partial charge >= 0.3 is 0 Å². The van der Waals surface area contributed by atoms with E-state index < -0.39 is 0 Å². The highest BCUT2D eigenvalue weighted by molar-refractivity contribution is 5.46. The third kappa shape index (κ3) is 3.21. The molecular weight excluding hydrogens is 240 g/mol. The topological polar surface area (TPSA) is 38.7 Å². The van der Waals surface area contributed by atoms with Gasteiger partial charge < -0.3 is 14.6 Å². The van der Waals surface area contributed by atoms with Gasteiger partial charge in [-0.25, -0.2) is 0 Å². The van der Waals surface area contributed by atoms with E-state index in [2.05, 4.69) is 13.8 Å². The maximum absolute atomic E-state index is 9.43. The maximum atomic E-state index is 9.43. The summed E-state index contributed by atoms with van der Waals surface area (Å²) in [5.41, 5.74) is 0.797. The molecule has 3 heteroatoms. The van der Waals surface area contributed by atoms with Crippen LogP contribution < -0.4 is 9.47 Å². The zero-order valence-corrected chi connectivity index (χ0v) is 12.1. The minimum absolute atomic E-state index is 0.0226. The molecule has 0 bridgehead atoms. The number of benzene rings is 1. The number of hydrogen-bond donors (Lipinski definition) is 1. The van der Waals surface area contributed by atoms with E-state index in [1.807, 2.05) is 18.2 Å². The second kappa shape index (κ2) is 6.29. The van der Waals surface area contributed by atoms with E-state index in [0.29, 0.717) is 17.4 Å².